The van der Waals surface area contributed by atoms with Crippen molar-refractivity contribution in [1.82, 2.24) is 25.6 Å². The van der Waals surface area contributed by atoms with Gasteiger partial charge in [0.1, 0.15) is 4.88 Å². The molecule has 0 spiro atoms. The molecule has 1 fully saturated rings. The van der Waals surface area contributed by atoms with Crippen molar-refractivity contribution in [2.24, 2.45) is 5.92 Å². The Balaban J connectivity index is 1.69. The van der Waals surface area contributed by atoms with E-state index in [1.165, 1.54) is 11.3 Å². The third kappa shape index (κ3) is 3.25. The van der Waals surface area contributed by atoms with Gasteiger partial charge in [0.2, 0.25) is 0 Å². The molecule has 3 heterocycles. The molecule has 2 aromatic heterocycles. The van der Waals surface area contributed by atoms with E-state index >= 15 is 0 Å². The third-order valence-corrected chi connectivity index (χ3v) is 4.58. The molecule has 7 heteroatoms. The van der Waals surface area contributed by atoms with Gasteiger partial charge in [0, 0.05) is 18.4 Å². The van der Waals surface area contributed by atoms with Crippen LogP contribution in [0, 0.1) is 5.92 Å². The molecule has 2 unspecified atom stereocenters. The SMILES string of the molecule is CC1CNCCC1NC(=O)c1cnc(-c2ncccn2)s1. The smallest absolute Gasteiger partial charge is 0.263 e. The van der Waals surface area contributed by atoms with Crippen molar-refractivity contribution in [2.45, 2.75) is 19.4 Å². The molecule has 110 valence electrons. The number of thiazole rings is 1. The standard InChI is InChI=1S/C14H17N5OS/c1-9-7-15-6-3-10(9)19-13(20)11-8-18-14(21-11)12-16-4-2-5-17-12/h2,4-5,8-10,15H,3,6-7H2,1H3,(H,19,20). The van der Waals surface area contributed by atoms with Crippen molar-refractivity contribution in [1.29, 1.82) is 0 Å². The van der Waals surface area contributed by atoms with Crippen LogP contribution in [0.25, 0.3) is 10.8 Å². The van der Waals surface area contributed by atoms with Crippen molar-refractivity contribution in [3.63, 3.8) is 0 Å². The number of rotatable bonds is 3. The van der Waals surface area contributed by atoms with Crippen molar-refractivity contribution >= 4 is 17.2 Å². The summed E-state index contributed by atoms with van der Waals surface area (Å²) in [4.78, 5) is 25.4. The van der Waals surface area contributed by atoms with E-state index in [-0.39, 0.29) is 11.9 Å². The van der Waals surface area contributed by atoms with Gasteiger partial charge in [-0.25, -0.2) is 15.0 Å². The molecule has 2 N–H and O–H groups in total. The molecule has 1 aliphatic heterocycles. The van der Waals surface area contributed by atoms with Crippen LogP contribution in [0.4, 0.5) is 0 Å². The quantitative estimate of drug-likeness (QED) is 0.894. The lowest BCUT2D eigenvalue weighted by molar-refractivity contribution is 0.0918. The maximum atomic E-state index is 12.3. The second-order valence-electron chi connectivity index (χ2n) is 5.15. The van der Waals surface area contributed by atoms with Crippen LogP contribution >= 0.6 is 11.3 Å². The summed E-state index contributed by atoms with van der Waals surface area (Å²) in [7, 11) is 0. The van der Waals surface area contributed by atoms with Crippen LogP contribution < -0.4 is 10.6 Å². The zero-order chi connectivity index (χ0) is 14.7. The number of piperidine rings is 1. The second kappa shape index (κ2) is 6.28. The van der Waals surface area contributed by atoms with Crippen LogP contribution in [0.3, 0.4) is 0 Å². The van der Waals surface area contributed by atoms with Gasteiger partial charge in [-0.15, -0.1) is 11.3 Å². The monoisotopic (exact) mass is 303 g/mol. The Morgan fingerprint density at radius 3 is 2.95 bits per heavy atom. The fourth-order valence-corrected chi connectivity index (χ4v) is 3.13. The van der Waals surface area contributed by atoms with E-state index < -0.39 is 0 Å². The van der Waals surface area contributed by atoms with Gasteiger partial charge in [0.15, 0.2) is 10.8 Å². The third-order valence-electron chi connectivity index (χ3n) is 3.59. The van der Waals surface area contributed by atoms with E-state index in [0.717, 1.165) is 19.5 Å². The van der Waals surface area contributed by atoms with Gasteiger partial charge in [0.05, 0.1) is 6.20 Å². The van der Waals surface area contributed by atoms with Gasteiger partial charge in [-0.1, -0.05) is 6.92 Å². The lowest BCUT2D eigenvalue weighted by Crippen LogP contribution is -2.48. The molecule has 0 bridgehead atoms. The molecule has 21 heavy (non-hydrogen) atoms. The summed E-state index contributed by atoms with van der Waals surface area (Å²) >= 11 is 1.32. The van der Waals surface area contributed by atoms with Crippen LogP contribution in [0.2, 0.25) is 0 Å². The number of nitrogens with zero attached hydrogens (tertiary/aromatic N) is 3. The first-order valence-electron chi connectivity index (χ1n) is 6.99. The molecule has 0 radical (unpaired) electrons. The molecule has 0 saturated carbocycles. The van der Waals surface area contributed by atoms with Crippen LogP contribution in [0.5, 0.6) is 0 Å². The van der Waals surface area contributed by atoms with Crippen molar-refractivity contribution in [2.75, 3.05) is 13.1 Å². The molecular weight excluding hydrogens is 286 g/mol. The summed E-state index contributed by atoms with van der Waals surface area (Å²) in [6, 6.07) is 1.97. The van der Waals surface area contributed by atoms with E-state index in [0.29, 0.717) is 21.6 Å². The fourth-order valence-electron chi connectivity index (χ4n) is 2.36. The highest BCUT2D eigenvalue weighted by Crippen LogP contribution is 2.22. The Hall–Kier alpha value is -1.86. The first-order chi connectivity index (χ1) is 10.2. The summed E-state index contributed by atoms with van der Waals surface area (Å²) < 4.78 is 0. The minimum Gasteiger partial charge on any atom is -0.348 e. The summed E-state index contributed by atoms with van der Waals surface area (Å²) in [5, 5.41) is 7.09. The van der Waals surface area contributed by atoms with Crippen LogP contribution in [-0.2, 0) is 0 Å². The zero-order valence-corrected chi connectivity index (χ0v) is 12.6. The average molecular weight is 303 g/mol. The number of amides is 1. The molecule has 0 aliphatic carbocycles. The van der Waals surface area contributed by atoms with Crippen molar-refractivity contribution < 1.29 is 4.79 Å². The number of aromatic nitrogens is 3. The minimum atomic E-state index is -0.0616. The first kappa shape index (κ1) is 14.1. The van der Waals surface area contributed by atoms with Gasteiger partial charge in [-0.2, -0.15) is 0 Å². The van der Waals surface area contributed by atoms with Gasteiger partial charge >= 0.3 is 0 Å². The Labute approximate surface area is 127 Å². The van der Waals surface area contributed by atoms with E-state index in [4.69, 9.17) is 0 Å². The van der Waals surface area contributed by atoms with Crippen molar-refractivity contribution in [3.8, 4) is 10.8 Å². The molecule has 1 aliphatic rings. The van der Waals surface area contributed by atoms with Crippen LogP contribution in [0.15, 0.2) is 24.7 Å². The van der Waals surface area contributed by atoms with E-state index in [1.54, 1.807) is 24.7 Å². The zero-order valence-electron chi connectivity index (χ0n) is 11.7. The average Bonchev–Trinajstić information content (AvgIpc) is 3.00. The molecule has 1 amide bonds. The number of nitrogens with one attached hydrogen (secondary N) is 2. The topological polar surface area (TPSA) is 79.8 Å². The highest BCUT2D eigenvalue weighted by Gasteiger charge is 2.24. The lowest BCUT2D eigenvalue weighted by atomic mass is 9.95. The largest absolute Gasteiger partial charge is 0.348 e. The summed E-state index contributed by atoms with van der Waals surface area (Å²) in [6.07, 6.45) is 5.89. The van der Waals surface area contributed by atoms with Gasteiger partial charge < -0.3 is 10.6 Å². The number of carbonyl (C=O) groups excluding carboxylic acids is 1. The van der Waals surface area contributed by atoms with Gasteiger partial charge in [-0.05, 0) is 31.5 Å². The molecule has 6 nitrogen and oxygen atoms in total. The molecule has 2 aromatic rings. The molecule has 1 saturated heterocycles. The van der Waals surface area contributed by atoms with E-state index in [9.17, 15) is 4.79 Å². The molecular formula is C14H17N5OS. The number of hydrogen-bond acceptors (Lipinski definition) is 6. The normalized spacial score (nSPS) is 22.0. The Kier molecular flexibility index (Phi) is 4.21. The summed E-state index contributed by atoms with van der Waals surface area (Å²) in [5.41, 5.74) is 0. The lowest BCUT2D eigenvalue weighted by Gasteiger charge is -2.29. The Morgan fingerprint density at radius 1 is 1.38 bits per heavy atom. The highest BCUT2D eigenvalue weighted by atomic mass is 32.1. The highest BCUT2D eigenvalue weighted by molar-refractivity contribution is 7.16. The first-order valence-corrected chi connectivity index (χ1v) is 7.80. The minimum absolute atomic E-state index is 0.0616. The number of hydrogen-bond donors (Lipinski definition) is 2. The second-order valence-corrected chi connectivity index (χ2v) is 6.18. The molecule has 3 rings (SSSR count). The predicted octanol–water partition coefficient (Wildman–Crippen LogP) is 1.33. The Morgan fingerprint density at radius 2 is 2.19 bits per heavy atom. The van der Waals surface area contributed by atoms with Gasteiger partial charge in [-0.3, -0.25) is 4.79 Å². The summed E-state index contributed by atoms with van der Waals surface area (Å²) in [5.74, 6) is 0.928. The van der Waals surface area contributed by atoms with Crippen LogP contribution in [-0.4, -0.2) is 40.0 Å². The van der Waals surface area contributed by atoms with Gasteiger partial charge in [0.25, 0.3) is 5.91 Å². The molecule has 0 aromatic carbocycles. The molecule has 2 atom stereocenters. The van der Waals surface area contributed by atoms with Crippen LogP contribution in [0.1, 0.15) is 23.0 Å². The van der Waals surface area contributed by atoms with Crippen molar-refractivity contribution in [3.05, 3.63) is 29.5 Å². The van der Waals surface area contributed by atoms with E-state index in [2.05, 4.69) is 32.5 Å². The Bertz CT molecular complexity index is 615. The van der Waals surface area contributed by atoms with E-state index in [1.807, 2.05) is 0 Å². The number of carbonyl (C=O) groups is 1. The fraction of sp³-hybridized carbons (Fsp3) is 0.429. The predicted molar refractivity (Wildman–Crippen MR) is 81.0 cm³/mol. The maximum absolute atomic E-state index is 12.3. The summed E-state index contributed by atoms with van der Waals surface area (Å²) in [6.45, 7) is 4.03. The maximum Gasteiger partial charge on any atom is 0.263 e.